The minimum atomic E-state index is -0.656. The molecule has 0 spiro atoms. The number of hydrogen-bond acceptors (Lipinski definition) is 6. The molecule has 27 heavy (non-hydrogen) atoms. The van der Waals surface area contributed by atoms with Crippen molar-refractivity contribution < 1.29 is 14.6 Å². The third kappa shape index (κ3) is 4.47. The van der Waals surface area contributed by atoms with Gasteiger partial charge >= 0.3 is 6.09 Å². The zero-order valence-corrected chi connectivity index (χ0v) is 16.1. The number of nitrogens with zero attached hydrogens (tertiary/aromatic N) is 4. The molecule has 9 nitrogen and oxygen atoms in total. The van der Waals surface area contributed by atoms with Gasteiger partial charge in [0.2, 0.25) is 0 Å². The van der Waals surface area contributed by atoms with Crippen molar-refractivity contribution in [2.24, 2.45) is 0 Å². The van der Waals surface area contributed by atoms with E-state index in [0.29, 0.717) is 16.9 Å². The molecule has 9 heteroatoms. The fraction of sp³-hybridized carbons (Fsp3) is 0.667. The maximum absolute atomic E-state index is 12.4. The fourth-order valence-corrected chi connectivity index (χ4v) is 3.34. The van der Waals surface area contributed by atoms with Crippen LogP contribution >= 0.6 is 0 Å². The lowest BCUT2D eigenvalue weighted by molar-refractivity contribution is 0.0196. The van der Waals surface area contributed by atoms with E-state index in [9.17, 15) is 14.7 Å². The van der Waals surface area contributed by atoms with Gasteiger partial charge in [-0.3, -0.25) is 9.69 Å². The summed E-state index contributed by atoms with van der Waals surface area (Å²) in [7, 11) is 0. The van der Waals surface area contributed by atoms with E-state index in [4.69, 9.17) is 4.74 Å². The summed E-state index contributed by atoms with van der Waals surface area (Å²) in [5, 5.41) is 14.1. The van der Waals surface area contributed by atoms with Gasteiger partial charge in [-0.1, -0.05) is 12.8 Å². The molecule has 2 N–H and O–H groups in total. The number of H-pyrrole nitrogens is 1. The topological polar surface area (TPSA) is 113 Å². The molecule has 1 fully saturated rings. The highest BCUT2D eigenvalue weighted by Crippen LogP contribution is 2.30. The van der Waals surface area contributed by atoms with Gasteiger partial charge in [-0.2, -0.15) is 5.10 Å². The Kier molecular flexibility index (Phi) is 5.50. The predicted octanol–water partition coefficient (Wildman–Crippen LogP) is 1.96. The van der Waals surface area contributed by atoms with Gasteiger partial charge in [-0.25, -0.2) is 14.5 Å². The van der Waals surface area contributed by atoms with E-state index in [1.54, 1.807) is 27.0 Å². The Balaban J connectivity index is 1.89. The van der Waals surface area contributed by atoms with Crippen molar-refractivity contribution in [3.8, 4) is 0 Å². The standard InChI is InChI=1S/C18H27N5O4/c1-18(2,3)27-17(26)22(8-9-24)11-14-20-15-13(16(25)21-14)10-19-23(15)12-6-4-5-7-12/h10,12,24H,4-9,11H2,1-3H3,(H,20,21,25). The average molecular weight is 377 g/mol. The average Bonchev–Trinajstić information content (AvgIpc) is 3.21. The maximum atomic E-state index is 12.4. The first-order chi connectivity index (χ1) is 12.8. The highest BCUT2D eigenvalue weighted by molar-refractivity contribution is 5.73. The Morgan fingerprint density at radius 3 is 2.74 bits per heavy atom. The monoisotopic (exact) mass is 377 g/mol. The van der Waals surface area contributed by atoms with Crippen LogP contribution in [0, 0.1) is 0 Å². The molecular weight excluding hydrogens is 350 g/mol. The SMILES string of the molecule is CC(C)(C)OC(=O)N(CCO)Cc1nc2c(cnn2C2CCCC2)c(=O)[nH]1. The lowest BCUT2D eigenvalue weighted by Gasteiger charge is -2.26. The molecule has 3 rings (SSSR count). The van der Waals surface area contributed by atoms with Crippen LogP contribution in [-0.4, -0.2) is 54.6 Å². The van der Waals surface area contributed by atoms with E-state index >= 15 is 0 Å². The summed E-state index contributed by atoms with van der Waals surface area (Å²) in [6, 6.07) is 0.254. The molecule has 1 aliphatic rings. The second-order valence-electron chi connectivity index (χ2n) is 7.90. The summed E-state index contributed by atoms with van der Waals surface area (Å²) in [5.74, 6) is 0.339. The number of rotatable bonds is 5. The van der Waals surface area contributed by atoms with Crippen LogP contribution in [0.4, 0.5) is 4.79 Å². The summed E-state index contributed by atoms with van der Waals surface area (Å²) in [4.78, 5) is 33.4. The van der Waals surface area contributed by atoms with E-state index in [2.05, 4.69) is 15.1 Å². The first kappa shape index (κ1) is 19.3. The number of aliphatic hydroxyl groups is 1. The molecule has 2 aromatic heterocycles. The van der Waals surface area contributed by atoms with Gasteiger partial charge in [-0.05, 0) is 33.6 Å². The number of ether oxygens (including phenoxy) is 1. The number of aromatic nitrogens is 4. The number of aliphatic hydroxyl groups excluding tert-OH is 1. The molecule has 0 radical (unpaired) electrons. The Morgan fingerprint density at radius 2 is 2.11 bits per heavy atom. The second kappa shape index (κ2) is 7.67. The third-order valence-electron chi connectivity index (χ3n) is 4.55. The molecule has 0 aliphatic heterocycles. The number of nitrogens with one attached hydrogen (secondary N) is 1. The lowest BCUT2D eigenvalue weighted by Crippen LogP contribution is -2.38. The second-order valence-corrected chi connectivity index (χ2v) is 7.90. The zero-order valence-electron chi connectivity index (χ0n) is 16.1. The van der Waals surface area contributed by atoms with Crippen LogP contribution in [0.5, 0.6) is 0 Å². The Morgan fingerprint density at radius 1 is 1.41 bits per heavy atom. The van der Waals surface area contributed by atoms with E-state index in [0.717, 1.165) is 25.7 Å². The number of aromatic amines is 1. The van der Waals surface area contributed by atoms with E-state index in [-0.39, 0.29) is 31.3 Å². The first-order valence-electron chi connectivity index (χ1n) is 9.33. The van der Waals surface area contributed by atoms with Crippen molar-refractivity contribution in [3.63, 3.8) is 0 Å². The predicted molar refractivity (Wildman–Crippen MR) is 99.4 cm³/mol. The van der Waals surface area contributed by atoms with Gasteiger partial charge in [0.1, 0.15) is 16.8 Å². The molecule has 2 heterocycles. The maximum Gasteiger partial charge on any atom is 0.410 e. The Labute approximate surface area is 157 Å². The molecule has 1 amide bonds. The zero-order chi connectivity index (χ0) is 19.6. The first-order valence-corrected chi connectivity index (χ1v) is 9.33. The van der Waals surface area contributed by atoms with Gasteiger partial charge < -0.3 is 14.8 Å². The van der Waals surface area contributed by atoms with Crippen LogP contribution < -0.4 is 5.56 Å². The molecule has 1 saturated carbocycles. The van der Waals surface area contributed by atoms with Crippen molar-refractivity contribution >= 4 is 17.1 Å². The normalized spacial score (nSPS) is 15.4. The molecule has 0 saturated heterocycles. The molecule has 2 aromatic rings. The van der Waals surface area contributed by atoms with Crippen LogP contribution in [0.3, 0.4) is 0 Å². The number of carbonyl (C=O) groups excluding carboxylic acids is 1. The number of fused-ring (bicyclic) bond motifs is 1. The number of amides is 1. The van der Waals surface area contributed by atoms with Gasteiger partial charge in [0.05, 0.1) is 25.4 Å². The quantitative estimate of drug-likeness (QED) is 0.823. The number of hydrogen-bond donors (Lipinski definition) is 2. The van der Waals surface area contributed by atoms with E-state index in [1.807, 2.05) is 4.68 Å². The Hall–Kier alpha value is -2.42. The fourth-order valence-electron chi connectivity index (χ4n) is 3.34. The summed E-state index contributed by atoms with van der Waals surface area (Å²) < 4.78 is 7.20. The van der Waals surface area contributed by atoms with Crippen molar-refractivity contribution in [3.05, 3.63) is 22.4 Å². The molecule has 1 aliphatic carbocycles. The molecule has 0 aromatic carbocycles. The van der Waals surface area contributed by atoms with Gasteiger partial charge in [0, 0.05) is 6.54 Å². The summed E-state index contributed by atoms with van der Waals surface area (Å²) in [5.41, 5.74) is -0.405. The van der Waals surface area contributed by atoms with Crippen LogP contribution in [0.1, 0.15) is 58.3 Å². The van der Waals surface area contributed by atoms with Crippen LogP contribution in [0.25, 0.3) is 11.0 Å². The van der Waals surface area contributed by atoms with E-state index < -0.39 is 11.7 Å². The minimum absolute atomic E-state index is 0.0382. The highest BCUT2D eigenvalue weighted by Gasteiger charge is 2.24. The summed E-state index contributed by atoms with van der Waals surface area (Å²) >= 11 is 0. The molecule has 0 atom stereocenters. The number of carbonyl (C=O) groups is 1. The van der Waals surface area contributed by atoms with Crippen molar-refractivity contribution in [1.29, 1.82) is 0 Å². The van der Waals surface area contributed by atoms with Crippen molar-refractivity contribution in [2.45, 2.75) is 64.6 Å². The minimum Gasteiger partial charge on any atom is -0.444 e. The summed E-state index contributed by atoms with van der Waals surface area (Å²) in [6.45, 7) is 5.22. The molecule has 148 valence electrons. The van der Waals surface area contributed by atoms with Crippen LogP contribution in [-0.2, 0) is 11.3 Å². The van der Waals surface area contributed by atoms with Crippen LogP contribution in [0.15, 0.2) is 11.0 Å². The largest absolute Gasteiger partial charge is 0.444 e. The lowest BCUT2D eigenvalue weighted by atomic mass is 10.2. The van der Waals surface area contributed by atoms with E-state index in [1.165, 1.54) is 4.90 Å². The van der Waals surface area contributed by atoms with Gasteiger partial charge in [0.25, 0.3) is 5.56 Å². The third-order valence-corrected chi connectivity index (χ3v) is 4.55. The van der Waals surface area contributed by atoms with Gasteiger partial charge in [0.15, 0.2) is 5.65 Å². The Bertz CT molecular complexity index is 861. The molecular formula is C18H27N5O4. The molecule has 0 bridgehead atoms. The smallest absolute Gasteiger partial charge is 0.410 e. The highest BCUT2D eigenvalue weighted by atomic mass is 16.6. The van der Waals surface area contributed by atoms with Gasteiger partial charge in [-0.15, -0.1) is 0 Å². The van der Waals surface area contributed by atoms with Crippen LogP contribution in [0.2, 0.25) is 0 Å². The summed E-state index contributed by atoms with van der Waals surface area (Å²) in [6.07, 6.45) is 5.31. The molecule has 0 unspecified atom stereocenters. The van der Waals surface area contributed by atoms with Crippen molar-refractivity contribution in [2.75, 3.05) is 13.2 Å². The van der Waals surface area contributed by atoms with Crippen molar-refractivity contribution in [1.82, 2.24) is 24.6 Å².